The van der Waals surface area contributed by atoms with Gasteiger partial charge in [0.25, 0.3) is 0 Å². The maximum atomic E-state index is 15.0. The predicted octanol–water partition coefficient (Wildman–Crippen LogP) is 7.87. The zero-order valence-electron chi connectivity index (χ0n) is 23.6. The van der Waals surface area contributed by atoms with Crippen LogP contribution in [0, 0.1) is 11.7 Å². The molecule has 1 aliphatic heterocycles. The number of unbranched alkanes of at least 4 members (excludes halogenated alkanes) is 1. The fraction of sp³-hybridized carbons (Fsp3) is 0.469. The molecule has 0 spiro atoms. The summed E-state index contributed by atoms with van der Waals surface area (Å²) in [5.74, 6) is -0.506. The third kappa shape index (κ3) is 6.47. The monoisotopic (exact) mass is 536 g/mol. The number of hydrogen-bond donors (Lipinski definition) is 1. The smallest absolute Gasteiger partial charge is 0.356 e. The number of carbonyl (C=O) groups excluding carboxylic acids is 1. The zero-order chi connectivity index (χ0) is 26.7. The minimum atomic E-state index is -0.426. The minimum Gasteiger partial charge on any atom is -0.461 e. The molecule has 2 heterocycles. The van der Waals surface area contributed by atoms with Crippen LogP contribution in [0.3, 0.4) is 0 Å². The van der Waals surface area contributed by atoms with Crippen molar-refractivity contribution in [2.45, 2.75) is 80.1 Å². The highest BCUT2D eigenvalue weighted by molar-refractivity contribution is 6.05. The molecule has 0 amide bonds. The van der Waals surface area contributed by atoms with E-state index in [2.05, 4.69) is 44.1 Å². The summed E-state index contributed by atoms with van der Waals surface area (Å²) in [4.78, 5) is 17.7. The van der Waals surface area contributed by atoms with E-state index < -0.39 is 5.97 Å². The molecule has 1 aromatic heterocycles. The molecule has 2 aromatic carbocycles. The van der Waals surface area contributed by atoms with Crippen molar-refractivity contribution in [2.24, 2.45) is 18.0 Å². The number of benzene rings is 2. The normalized spacial score (nSPS) is 15.9. The Hall–Kier alpha value is -3.32. The summed E-state index contributed by atoms with van der Waals surface area (Å²) in [6.45, 7) is 10.5. The molecule has 4 rings (SSSR count). The van der Waals surface area contributed by atoms with E-state index in [-0.39, 0.29) is 37.8 Å². The number of aromatic nitrogens is 2. The molecule has 0 saturated carbocycles. The lowest BCUT2D eigenvalue weighted by Crippen LogP contribution is -2.25. The van der Waals surface area contributed by atoms with Crippen LogP contribution in [0.2, 0.25) is 0 Å². The lowest BCUT2D eigenvalue weighted by molar-refractivity contribution is -0.138. The van der Waals surface area contributed by atoms with Crippen molar-refractivity contribution < 1.29 is 13.9 Å². The Morgan fingerprint density at radius 1 is 1.18 bits per heavy atom. The first-order valence-electron chi connectivity index (χ1n) is 13.5. The number of rotatable bonds is 9. The van der Waals surface area contributed by atoms with E-state index in [1.165, 1.54) is 11.3 Å². The van der Waals surface area contributed by atoms with Gasteiger partial charge in [-0.15, -0.1) is 0 Å². The van der Waals surface area contributed by atoms with Crippen LogP contribution in [0.5, 0.6) is 0 Å². The number of allylic oxidation sites excluding steroid dienone is 1. The Balaban J connectivity index is 0.00000267. The van der Waals surface area contributed by atoms with Gasteiger partial charge in [0, 0.05) is 23.8 Å². The molecule has 7 heteroatoms. The second-order valence-corrected chi connectivity index (χ2v) is 10.0. The fourth-order valence-electron chi connectivity index (χ4n) is 5.45. The number of nitrogens with zero attached hydrogens (tertiary/aromatic N) is 3. The van der Waals surface area contributed by atoms with Crippen molar-refractivity contribution in [3.63, 3.8) is 0 Å². The lowest BCUT2D eigenvalue weighted by Gasteiger charge is -2.30. The van der Waals surface area contributed by atoms with Gasteiger partial charge in [0.05, 0.1) is 12.1 Å². The van der Waals surface area contributed by atoms with Gasteiger partial charge in [0.15, 0.2) is 0 Å². The topological polar surface area (TPSA) is 91.5 Å². The van der Waals surface area contributed by atoms with Crippen molar-refractivity contribution in [1.82, 2.24) is 15.9 Å². The number of ether oxygens (including phenoxy) is 1. The molecule has 0 aliphatic carbocycles. The average molecular weight is 537 g/mol. The minimum absolute atomic E-state index is 0. The molecular weight excluding hydrogens is 491 g/mol. The standard InChI is InChI=1S/C31H38FN3O2.CH4.H3N/c1-7-10-11-21-12-13-23(17-26(21)32)28-18-24(20(5)30(33-28)31(36)37-9-3)19(4)22-14-15-27-25(16-22)29(8-2)35(6)34-27;;/h12-17,19,24H,7-11,18H2,1-6H3;1H4;1H3. The highest BCUT2D eigenvalue weighted by Crippen LogP contribution is 2.39. The number of hydrogen-bond acceptors (Lipinski definition) is 5. The largest absolute Gasteiger partial charge is 0.461 e. The third-order valence-electron chi connectivity index (χ3n) is 7.69. The lowest BCUT2D eigenvalue weighted by atomic mass is 9.76. The summed E-state index contributed by atoms with van der Waals surface area (Å²) in [5, 5.41) is 5.81. The Kier molecular flexibility index (Phi) is 11.2. The van der Waals surface area contributed by atoms with Gasteiger partial charge in [-0.25, -0.2) is 14.2 Å². The van der Waals surface area contributed by atoms with Crippen molar-refractivity contribution in [2.75, 3.05) is 6.61 Å². The number of fused-ring (bicyclic) bond motifs is 1. The summed E-state index contributed by atoms with van der Waals surface area (Å²) in [6.07, 6.45) is 4.21. The van der Waals surface area contributed by atoms with Crippen LogP contribution in [0.1, 0.15) is 89.6 Å². The van der Waals surface area contributed by atoms with Crippen molar-refractivity contribution in [1.29, 1.82) is 0 Å². The average Bonchev–Trinajstić information content (AvgIpc) is 3.21. The molecule has 3 N–H and O–H groups in total. The van der Waals surface area contributed by atoms with Gasteiger partial charge in [0.1, 0.15) is 11.5 Å². The second-order valence-electron chi connectivity index (χ2n) is 10.0. The molecule has 1 aliphatic rings. The van der Waals surface area contributed by atoms with Gasteiger partial charge in [0.2, 0.25) is 0 Å². The Bertz CT molecular complexity index is 1370. The number of halogens is 1. The van der Waals surface area contributed by atoms with Crippen LogP contribution in [-0.4, -0.2) is 28.1 Å². The highest BCUT2D eigenvalue weighted by Gasteiger charge is 2.32. The molecule has 0 bridgehead atoms. The zero-order valence-corrected chi connectivity index (χ0v) is 23.6. The predicted molar refractivity (Wildman–Crippen MR) is 159 cm³/mol. The Morgan fingerprint density at radius 3 is 2.56 bits per heavy atom. The Labute approximate surface area is 232 Å². The van der Waals surface area contributed by atoms with Crippen molar-refractivity contribution in [3.05, 3.63) is 75.9 Å². The molecule has 2 atom stereocenters. The fourth-order valence-corrected chi connectivity index (χ4v) is 5.45. The summed E-state index contributed by atoms with van der Waals surface area (Å²) in [7, 11) is 1.98. The van der Waals surface area contributed by atoms with Crippen LogP contribution < -0.4 is 6.15 Å². The number of aryl methyl sites for hydroxylation is 3. The molecule has 0 saturated heterocycles. The summed E-state index contributed by atoms with van der Waals surface area (Å²) in [6, 6.07) is 11.8. The SMILES string of the molecule is C.CCCCc1ccc(C2=NC(C(=O)OCC)=C(C)C(C(C)c3ccc4nn(C)c(CC)c4c3)C2)cc1F.N. The summed E-state index contributed by atoms with van der Waals surface area (Å²) in [5.41, 5.74) is 6.80. The van der Waals surface area contributed by atoms with Crippen LogP contribution in [0.15, 0.2) is 52.7 Å². The molecule has 6 nitrogen and oxygen atoms in total. The van der Waals surface area contributed by atoms with E-state index in [1.807, 2.05) is 30.8 Å². The molecule has 39 heavy (non-hydrogen) atoms. The van der Waals surface area contributed by atoms with Crippen LogP contribution in [0.4, 0.5) is 4.39 Å². The molecule has 0 radical (unpaired) electrons. The summed E-state index contributed by atoms with van der Waals surface area (Å²) >= 11 is 0. The van der Waals surface area contributed by atoms with Gasteiger partial charge in [-0.1, -0.05) is 52.8 Å². The maximum Gasteiger partial charge on any atom is 0.356 e. The Morgan fingerprint density at radius 2 is 1.92 bits per heavy atom. The van der Waals surface area contributed by atoms with Crippen LogP contribution in [-0.2, 0) is 29.4 Å². The molecule has 2 unspecified atom stereocenters. The van der Waals surface area contributed by atoms with Crippen LogP contribution in [0.25, 0.3) is 10.9 Å². The maximum absolute atomic E-state index is 15.0. The number of esters is 1. The van der Waals surface area contributed by atoms with Gasteiger partial charge < -0.3 is 10.9 Å². The first kappa shape index (κ1) is 31.9. The van der Waals surface area contributed by atoms with Gasteiger partial charge in [-0.05, 0) is 91.8 Å². The molecule has 3 aromatic rings. The molecular formula is C32H45FN4O2. The van der Waals surface area contributed by atoms with Gasteiger partial charge >= 0.3 is 5.97 Å². The third-order valence-corrected chi connectivity index (χ3v) is 7.69. The van der Waals surface area contributed by atoms with E-state index >= 15 is 0 Å². The molecule has 212 valence electrons. The van der Waals surface area contributed by atoms with E-state index in [9.17, 15) is 9.18 Å². The first-order valence-corrected chi connectivity index (χ1v) is 13.5. The summed E-state index contributed by atoms with van der Waals surface area (Å²) < 4.78 is 22.3. The second kappa shape index (κ2) is 13.7. The van der Waals surface area contributed by atoms with Crippen LogP contribution >= 0.6 is 0 Å². The molecule has 0 fully saturated rings. The van der Waals surface area contributed by atoms with E-state index in [0.717, 1.165) is 59.0 Å². The highest BCUT2D eigenvalue weighted by atomic mass is 19.1. The van der Waals surface area contributed by atoms with Crippen molar-refractivity contribution >= 4 is 22.6 Å². The van der Waals surface area contributed by atoms with E-state index in [4.69, 9.17) is 9.73 Å². The number of carbonyl (C=O) groups is 1. The van der Waals surface area contributed by atoms with Gasteiger partial charge in [-0.2, -0.15) is 5.10 Å². The van der Waals surface area contributed by atoms with E-state index in [1.54, 1.807) is 13.0 Å². The van der Waals surface area contributed by atoms with Crippen molar-refractivity contribution in [3.8, 4) is 0 Å². The quantitative estimate of drug-likeness (QED) is 0.282. The first-order chi connectivity index (χ1) is 17.8. The number of aliphatic imine (C=N–C) groups is 1. The van der Waals surface area contributed by atoms with E-state index in [0.29, 0.717) is 12.1 Å². The van der Waals surface area contributed by atoms with Gasteiger partial charge in [-0.3, -0.25) is 4.68 Å².